The van der Waals surface area contributed by atoms with E-state index in [-0.39, 0.29) is 30.0 Å². The lowest BCUT2D eigenvalue weighted by Crippen LogP contribution is -2.50. The molecule has 5 rings (SSSR count). The number of hydrogen-bond donors (Lipinski definition) is 3. The zero-order valence-electron chi connectivity index (χ0n) is 22.3. The fourth-order valence-electron chi connectivity index (χ4n) is 6.44. The van der Waals surface area contributed by atoms with Gasteiger partial charge in [0.15, 0.2) is 0 Å². The number of carbonyl (C=O) groups excluding carboxylic acids is 2. The molecule has 3 fully saturated rings. The highest BCUT2D eigenvalue weighted by atomic mass is 16.5. The highest BCUT2D eigenvalue weighted by Gasteiger charge is 2.40. The second kappa shape index (κ2) is 11.7. The van der Waals surface area contributed by atoms with Crippen LogP contribution < -0.4 is 15.4 Å². The quantitative estimate of drug-likeness (QED) is 0.575. The van der Waals surface area contributed by atoms with Gasteiger partial charge >= 0.3 is 0 Å². The van der Waals surface area contributed by atoms with Crippen molar-refractivity contribution in [1.82, 2.24) is 15.5 Å². The van der Waals surface area contributed by atoms with E-state index in [1.165, 1.54) is 25.7 Å². The van der Waals surface area contributed by atoms with Crippen molar-refractivity contribution in [3.05, 3.63) is 29.3 Å². The van der Waals surface area contributed by atoms with Gasteiger partial charge in [-0.1, -0.05) is 32.8 Å². The van der Waals surface area contributed by atoms with Gasteiger partial charge in [-0.3, -0.25) is 14.5 Å². The maximum Gasteiger partial charge on any atom is 0.255 e. The molecule has 5 atom stereocenters. The monoisotopic (exact) mass is 513 g/mol. The Labute approximate surface area is 220 Å². The van der Waals surface area contributed by atoms with Crippen molar-refractivity contribution in [1.29, 1.82) is 0 Å². The Morgan fingerprint density at radius 3 is 2.70 bits per heavy atom. The van der Waals surface area contributed by atoms with Crippen molar-refractivity contribution in [2.45, 2.75) is 102 Å². The summed E-state index contributed by atoms with van der Waals surface area (Å²) >= 11 is 0. The number of likely N-dealkylation sites (tertiary alicyclic amines) is 1. The molecule has 1 aliphatic carbocycles. The Morgan fingerprint density at radius 1 is 1.11 bits per heavy atom. The molecule has 3 heterocycles. The average molecular weight is 514 g/mol. The lowest BCUT2D eigenvalue weighted by molar-refractivity contribution is -0.133. The summed E-state index contributed by atoms with van der Waals surface area (Å²) in [6, 6.07) is 5.43. The normalized spacial score (nSPS) is 32.1. The fraction of sp³-hybridized carbons (Fsp3) is 0.724. The Bertz CT molecular complexity index is 963. The SMILES string of the molecule is CC(C)c1ccc2c(c1)OCC[C@@H]1CC[C@H](O)[C@@H](CNC(=O)[C@@H]3C[C@@H](CN3CC3CCCC3)NC2=O)O1. The van der Waals surface area contributed by atoms with E-state index in [2.05, 4.69) is 29.4 Å². The van der Waals surface area contributed by atoms with Crippen LogP contribution >= 0.6 is 0 Å². The Balaban J connectivity index is 1.40. The van der Waals surface area contributed by atoms with Gasteiger partial charge in [-0.2, -0.15) is 0 Å². The first-order valence-electron chi connectivity index (χ1n) is 14.3. The topological polar surface area (TPSA) is 100 Å². The molecule has 204 valence electrons. The van der Waals surface area contributed by atoms with Gasteiger partial charge in [0.05, 0.1) is 30.4 Å². The maximum atomic E-state index is 13.4. The molecule has 0 spiro atoms. The number of amides is 2. The zero-order chi connectivity index (χ0) is 25.9. The lowest BCUT2D eigenvalue weighted by atomic mass is 9.98. The molecular weight excluding hydrogens is 470 g/mol. The smallest absolute Gasteiger partial charge is 0.255 e. The largest absolute Gasteiger partial charge is 0.493 e. The molecular formula is C29H43N3O5. The molecule has 4 aliphatic rings. The van der Waals surface area contributed by atoms with Gasteiger partial charge in [-0.25, -0.2) is 0 Å². The Kier molecular flexibility index (Phi) is 8.37. The van der Waals surface area contributed by atoms with Crippen LogP contribution in [0.2, 0.25) is 0 Å². The summed E-state index contributed by atoms with van der Waals surface area (Å²) in [4.78, 5) is 29.1. The first kappa shape index (κ1) is 26.4. The first-order chi connectivity index (χ1) is 17.9. The van der Waals surface area contributed by atoms with Crippen molar-refractivity contribution < 1.29 is 24.2 Å². The maximum absolute atomic E-state index is 13.4. The lowest BCUT2D eigenvalue weighted by Gasteiger charge is -2.34. The van der Waals surface area contributed by atoms with E-state index in [4.69, 9.17) is 9.47 Å². The molecule has 0 unspecified atom stereocenters. The van der Waals surface area contributed by atoms with Crippen molar-refractivity contribution in [3.8, 4) is 5.75 Å². The standard InChI is InChI=1S/C29H43N3O5/c1-18(2)20-7-9-23-26(13-20)36-12-11-22-8-10-25(33)27(37-22)15-30-29(35)24-14-21(31-28(23)34)17-32(24)16-19-5-3-4-6-19/h7,9,13,18-19,21-22,24-25,27,33H,3-6,8,10-12,14-17H2,1-2H3,(H,30,35)(H,31,34)/t21-,22-,24-,25-,27+/m0/s1. The molecule has 1 aromatic rings. The number of carbonyl (C=O) groups is 2. The second-order valence-corrected chi connectivity index (χ2v) is 11.8. The van der Waals surface area contributed by atoms with E-state index in [0.717, 1.165) is 18.5 Å². The van der Waals surface area contributed by atoms with Crippen LogP contribution in [-0.2, 0) is 9.53 Å². The van der Waals surface area contributed by atoms with E-state index in [0.29, 0.717) is 62.1 Å². The molecule has 0 aromatic heterocycles. The van der Waals surface area contributed by atoms with Crippen molar-refractivity contribution in [2.24, 2.45) is 5.92 Å². The van der Waals surface area contributed by atoms with Crippen LogP contribution in [0.5, 0.6) is 5.75 Å². The molecule has 8 nitrogen and oxygen atoms in total. The van der Waals surface area contributed by atoms with Crippen LogP contribution in [0.15, 0.2) is 18.2 Å². The zero-order valence-corrected chi connectivity index (χ0v) is 22.3. The van der Waals surface area contributed by atoms with Gasteiger partial charge in [0.2, 0.25) is 5.91 Å². The first-order valence-corrected chi connectivity index (χ1v) is 14.3. The predicted molar refractivity (Wildman–Crippen MR) is 141 cm³/mol. The van der Waals surface area contributed by atoms with Crippen LogP contribution in [0.25, 0.3) is 0 Å². The summed E-state index contributed by atoms with van der Waals surface area (Å²) in [5.74, 6) is 1.33. The minimum absolute atomic E-state index is 0.0370. The van der Waals surface area contributed by atoms with Crippen LogP contribution in [0.3, 0.4) is 0 Å². The third kappa shape index (κ3) is 6.29. The van der Waals surface area contributed by atoms with Crippen molar-refractivity contribution in [2.75, 3.05) is 26.2 Å². The van der Waals surface area contributed by atoms with Crippen LogP contribution in [0.1, 0.15) is 87.1 Å². The number of aliphatic hydroxyl groups is 1. The number of ether oxygens (including phenoxy) is 2. The highest BCUT2D eigenvalue weighted by molar-refractivity contribution is 5.97. The number of aliphatic hydroxyl groups excluding tert-OH is 1. The number of benzene rings is 1. The number of nitrogens with zero attached hydrogens (tertiary/aromatic N) is 1. The molecule has 1 saturated carbocycles. The summed E-state index contributed by atoms with van der Waals surface area (Å²) in [5, 5.41) is 16.8. The van der Waals surface area contributed by atoms with Gasteiger partial charge in [-0.15, -0.1) is 0 Å². The van der Waals surface area contributed by atoms with E-state index in [1.54, 1.807) is 0 Å². The van der Waals surface area contributed by atoms with Gasteiger partial charge in [-0.05, 0) is 61.6 Å². The third-order valence-corrected chi connectivity index (χ3v) is 8.68. The summed E-state index contributed by atoms with van der Waals surface area (Å²) in [6.45, 7) is 6.51. The summed E-state index contributed by atoms with van der Waals surface area (Å²) in [7, 11) is 0. The van der Waals surface area contributed by atoms with Crippen LogP contribution in [0, 0.1) is 5.92 Å². The van der Waals surface area contributed by atoms with E-state index in [9.17, 15) is 14.7 Å². The summed E-state index contributed by atoms with van der Waals surface area (Å²) in [6.07, 6.45) is 6.46. The summed E-state index contributed by atoms with van der Waals surface area (Å²) < 4.78 is 12.4. The minimum Gasteiger partial charge on any atom is -0.493 e. The Hall–Kier alpha value is -2.16. The molecule has 8 heteroatoms. The van der Waals surface area contributed by atoms with Crippen molar-refractivity contribution >= 4 is 11.8 Å². The molecule has 37 heavy (non-hydrogen) atoms. The van der Waals surface area contributed by atoms with E-state index >= 15 is 0 Å². The number of fused-ring (bicyclic) bond motifs is 5. The molecule has 2 amide bonds. The molecule has 1 aromatic carbocycles. The summed E-state index contributed by atoms with van der Waals surface area (Å²) in [5.41, 5.74) is 1.66. The highest BCUT2D eigenvalue weighted by Crippen LogP contribution is 2.30. The molecule has 2 saturated heterocycles. The van der Waals surface area contributed by atoms with Gasteiger partial charge in [0, 0.05) is 32.1 Å². The van der Waals surface area contributed by atoms with Crippen molar-refractivity contribution in [3.63, 3.8) is 0 Å². The minimum atomic E-state index is -0.587. The molecule has 3 N–H and O–H groups in total. The number of nitrogens with one attached hydrogen (secondary N) is 2. The fourth-order valence-corrected chi connectivity index (χ4v) is 6.44. The average Bonchev–Trinajstić information content (AvgIpc) is 3.53. The van der Waals surface area contributed by atoms with E-state index in [1.807, 2.05) is 18.2 Å². The molecule has 4 bridgehead atoms. The predicted octanol–water partition coefficient (Wildman–Crippen LogP) is 2.98. The van der Waals surface area contributed by atoms with Crippen LogP contribution in [-0.4, -0.2) is 78.5 Å². The van der Waals surface area contributed by atoms with Gasteiger partial charge in [0.1, 0.15) is 11.9 Å². The third-order valence-electron chi connectivity index (χ3n) is 8.68. The van der Waals surface area contributed by atoms with E-state index < -0.39 is 12.2 Å². The van der Waals surface area contributed by atoms with Gasteiger partial charge in [0.25, 0.3) is 5.91 Å². The molecule has 0 radical (unpaired) electrons. The van der Waals surface area contributed by atoms with Gasteiger partial charge < -0.3 is 25.2 Å². The van der Waals surface area contributed by atoms with Crippen LogP contribution in [0.4, 0.5) is 0 Å². The Morgan fingerprint density at radius 2 is 1.92 bits per heavy atom. The number of hydrogen-bond acceptors (Lipinski definition) is 6. The number of rotatable bonds is 3. The second-order valence-electron chi connectivity index (χ2n) is 11.8. The molecule has 3 aliphatic heterocycles.